The molecular weight excluding hydrogens is 324 g/mol. The third-order valence-corrected chi connectivity index (χ3v) is 5.85. The van der Waals surface area contributed by atoms with Crippen molar-refractivity contribution in [2.24, 2.45) is 0 Å². The summed E-state index contributed by atoms with van der Waals surface area (Å²) >= 11 is 0. The van der Waals surface area contributed by atoms with Crippen LogP contribution in [0.15, 0.2) is 24.3 Å². The smallest absolute Gasteiger partial charge is 0.222 e. The average molecular weight is 353 g/mol. The number of rotatable bonds is 5. The summed E-state index contributed by atoms with van der Waals surface area (Å²) in [7, 11) is -3.17. The van der Waals surface area contributed by atoms with Crippen LogP contribution in [0.25, 0.3) is 0 Å². The van der Waals surface area contributed by atoms with Gasteiger partial charge in [0.1, 0.15) is 0 Å². The second kappa shape index (κ2) is 8.12. The summed E-state index contributed by atoms with van der Waals surface area (Å²) in [6.45, 7) is 6.34. The van der Waals surface area contributed by atoms with Gasteiger partial charge in [0.25, 0.3) is 0 Å². The Morgan fingerprint density at radius 2 is 1.75 bits per heavy atom. The Bertz CT molecular complexity index is 653. The first-order valence-corrected chi connectivity index (χ1v) is 10.4. The van der Waals surface area contributed by atoms with Crippen molar-refractivity contribution < 1.29 is 13.2 Å². The molecule has 1 aliphatic rings. The lowest BCUT2D eigenvalue weighted by molar-refractivity contribution is -0.131. The SMILES string of the molecule is CC(C)c1ccc(CCC(=O)N2CCCN(S(C)(=O)=O)CC2)cc1. The van der Waals surface area contributed by atoms with Crippen molar-refractivity contribution in [3.63, 3.8) is 0 Å². The van der Waals surface area contributed by atoms with E-state index in [1.165, 1.54) is 21.7 Å². The Morgan fingerprint density at radius 1 is 1.08 bits per heavy atom. The molecule has 134 valence electrons. The molecule has 0 aromatic heterocycles. The Balaban J connectivity index is 1.86. The number of sulfonamides is 1. The van der Waals surface area contributed by atoms with Gasteiger partial charge >= 0.3 is 0 Å². The normalized spacial score (nSPS) is 17.1. The fourth-order valence-electron chi connectivity index (χ4n) is 2.95. The van der Waals surface area contributed by atoms with Gasteiger partial charge in [0.2, 0.25) is 15.9 Å². The van der Waals surface area contributed by atoms with Crippen LogP contribution in [0.1, 0.15) is 43.7 Å². The number of carbonyl (C=O) groups is 1. The summed E-state index contributed by atoms with van der Waals surface area (Å²) in [5.74, 6) is 0.619. The van der Waals surface area contributed by atoms with Crippen molar-refractivity contribution in [1.82, 2.24) is 9.21 Å². The standard InChI is InChI=1S/C18H28N2O3S/c1-15(2)17-8-5-16(6-9-17)7-10-18(21)19-11-4-12-20(14-13-19)24(3,22)23/h5-6,8-9,15H,4,7,10-14H2,1-3H3. The highest BCUT2D eigenvalue weighted by Gasteiger charge is 2.23. The molecule has 0 spiro atoms. The van der Waals surface area contributed by atoms with Crippen molar-refractivity contribution in [3.8, 4) is 0 Å². The monoisotopic (exact) mass is 352 g/mol. The van der Waals surface area contributed by atoms with Crippen LogP contribution in [0.4, 0.5) is 0 Å². The molecule has 2 rings (SSSR count). The van der Waals surface area contributed by atoms with Gasteiger partial charge in [-0.2, -0.15) is 0 Å². The van der Waals surface area contributed by atoms with Gasteiger partial charge in [0, 0.05) is 32.6 Å². The number of hydrogen-bond acceptors (Lipinski definition) is 3. The minimum atomic E-state index is -3.17. The van der Waals surface area contributed by atoms with Gasteiger partial charge in [-0.15, -0.1) is 0 Å². The van der Waals surface area contributed by atoms with Gasteiger partial charge in [-0.05, 0) is 29.9 Å². The maximum Gasteiger partial charge on any atom is 0.222 e. The molecule has 0 unspecified atom stereocenters. The van der Waals surface area contributed by atoms with Gasteiger partial charge in [-0.25, -0.2) is 12.7 Å². The lowest BCUT2D eigenvalue weighted by Gasteiger charge is -2.21. The zero-order chi connectivity index (χ0) is 17.7. The Labute approximate surface area is 145 Å². The second-order valence-corrected chi connectivity index (χ2v) is 8.78. The number of amides is 1. The summed E-state index contributed by atoms with van der Waals surface area (Å²) < 4.78 is 24.7. The van der Waals surface area contributed by atoms with E-state index in [2.05, 4.69) is 38.1 Å². The maximum atomic E-state index is 12.4. The highest BCUT2D eigenvalue weighted by molar-refractivity contribution is 7.88. The molecule has 0 atom stereocenters. The van der Waals surface area contributed by atoms with Crippen LogP contribution in [0.2, 0.25) is 0 Å². The number of carbonyl (C=O) groups excluding carboxylic acids is 1. The summed E-state index contributed by atoms with van der Waals surface area (Å²) in [5, 5.41) is 0. The first-order valence-electron chi connectivity index (χ1n) is 8.59. The number of hydrogen-bond donors (Lipinski definition) is 0. The second-order valence-electron chi connectivity index (χ2n) is 6.79. The summed E-state index contributed by atoms with van der Waals surface area (Å²) in [4.78, 5) is 14.2. The van der Waals surface area contributed by atoms with Crippen LogP contribution in [0.3, 0.4) is 0 Å². The summed E-state index contributed by atoms with van der Waals surface area (Å²) in [6, 6.07) is 8.44. The van der Waals surface area contributed by atoms with Crippen molar-refractivity contribution in [2.45, 2.75) is 39.0 Å². The van der Waals surface area contributed by atoms with Gasteiger partial charge in [0.15, 0.2) is 0 Å². The lowest BCUT2D eigenvalue weighted by Crippen LogP contribution is -2.37. The fourth-order valence-corrected chi connectivity index (χ4v) is 3.83. The molecule has 1 amide bonds. The number of benzene rings is 1. The van der Waals surface area contributed by atoms with E-state index < -0.39 is 10.0 Å². The highest BCUT2D eigenvalue weighted by Crippen LogP contribution is 2.16. The van der Waals surface area contributed by atoms with Crippen LogP contribution in [0.5, 0.6) is 0 Å². The molecule has 0 saturated carbocycles. The van der Waals surface area contributed by atoms with E-state index in [-0.39, 0.29) is 5.91 Å². The van der Waals surface area contributed by atoms with E-state index in [9.17, 15) is 13.2 Å². The maximum absolute atomic E-state index is 12.4. The zero-order valence-electron chi connectivity index (χ0n) is 14.9. The van der Waals surface area contributed by atoms with Gasteiger partial charge in [0.05, 0.1) is 6.26 Å². The Hall–Kier alpha value is -1.40. The number of aryl methyl sites for hydroxylation is 1. The lowest BCUT2D eigenvalue weighted by atomic mass is 10.0. The van der Waals surface area contributed by atoms with Crippen molar-refractivity contribution in [2.75, 3.05) is 32.4 Å². The van der Waals surface area contributed by atoms with Crippen molar-refractivity contribution in [3.05, 3.63) is 35.4 Å². The molecule has 1 aromatic rings. The molecule has 1 heterocycles. The average Bonchev–Trinajstić information content (AvgIpc) is 2.79. The van der Waals surface area contributed by atoms with E-state index in [1.54, 1.807) is 4.90 Å². The van der Waals surface area contributed by atoms with Gasteiger partial charge < -0.3 is 4.90 Å². The first-order chi connectivity index (χ1) is 11.3. The molecule has 0 N–H and O–H groups in total. The molecule has 1 saturated heterocycles. The topological polar surface area (TPSA) is 57.7 Å². The molecule has 0 radical (unpaired) electrons. The van der Waals surface area contributed by atoms with E-state index >= 15 is 0 Å². The van der Waals surface area contributed by atoms with E-state index in [0.29, 0.717) is 44.9 Å². The van der Waals surface area contributed by atoms with Crippen LogP contribution < -0.4 is 0 Å². The molecule has 6 heteroatoms. The van der Waals surface area contributed by atoms with E-state index in [4.69, 9.17) is 0 Å². The largest absolute Gasteiger partial charge is 0.341 e. The van der Waals surface area contributed by atoms with Crippen molar-refractivity contribution >= 4 is 15.9 Å². The van der Waals surface area contributed by atoms with E-state index in [1.807, 2.05) is 0 Å². The van der Waals surface area contributed by atoms with Crippen LogP contribution in [-0.2, 0) is 21.2 Å². The predicted octanol–water partition coefficient (Wildman–Crippen LogP) is 2.24. The third-order valence-electron chi connectivity index (χ3n) is 4.55. The zero-order valence-corrected chi connectivity index (χ0v) is 15.7. The predicted molar refractivity (Wildman–Crippen MR) is 96.5 cm³/mol. The van der Waals surface area contributed by atoms with Crippen LogP contribution >= 0.6 is 0 Å². The highest BCUT2D eigenvalue weighted by atomic mass is 32.2. The summed E-state index contributed by atoms with van der Waals surface area (Å²) in [5.41, 5.74) is 2.47. The first kappa shape index (κ1) is 18.9. The Morgan fingerprint density at radius 3 is 2.33 bits per heavy atom. The minimum absolute atomic E-state index is 0.110. The van der Waals surface area contributed by atoms with Gasteiger partial charge in [-0.1, -0.05) is 38.1 Å². The third kappa shape index (κ3) is 5.31. The minimum Gasteiger partial charge on any atom is -0.341 e. The Kier molecular flexibility index (Phi) is 6.40. The molecule has 1 aliphatic heterocycles. The summed E-state index contributed by atoms with van der Waals surface area (Å²) in [6.07, 6.45) is 3.12. The van der Waals surface area contributed by atoms with Gasteiger partial charge in [-0.3, -0.25) is 4.79 Å². The van der Waals surface area contributed by atoms with Crippen LogP contribution in [0, 0.1) is 0 Å². The molecule has 24 heavy (non-hydrogen) atoms. The number of nitrogens with zero attached hydrogens (tertiary/aromatic N) is 2. The fraction of sp³-hybridized carbons (Fsp3) is 0.611. The van der Waals surface area contributed by atoms with Crippen LogP contribution in [-0.4, -0.2) is 56.0 Å². The van der Waals surface area contributed by atoms with E-state index in [0.717, 1.165) is 6.42 Å². The molecule has 1 aromatic carbocycles. The van der Waals surface area contributed by atoms with Crippen molar-refractivity contribution in [1.29, 1.82) is 0 Å². The molecule has 0 aliphatic carbocycles. The molecule has 5 nitrogen and oxygen atoms in total. The molecular formula is C18H28N2O3S. The molecule has 0 bridgehead atoms. The quantitative estimate of drug-likeness (QED) is 0.816. The molecule has 1 fully saturated rings.